The van der Waals surface area contributed by atoms with Crippen LogP contribution in [0.25, 0.3) is 33.5 Å². The molecule has 0 radical (unpaired) electrons. The predicted molar refractivity (Wildman–Crippen MR) is 217 cm³/mol. The molecule has 1 unspecified atom stereocenters. The van der Waals surface area contributed by atoms with Crippen molar-refractivity contribution in [2.75, 3.05) is 27.2 Å². The molecule has 19 heteroatoms. The molecule has 0 aliphatic carbocycles. The first-order chi connectivity index (χ1) is 28.7. The van der Waals surface area contributed by atoms with Gasteiger partial charge in [0, 0.05) is 42.4 Å². The van der Waals surface area contributed by atoms with Crippen LogP contribution >= 0.6 is 0 Å². The molecule has 2 aromatic carbocycles. The van der Waals surface area contributed by atoms with E-state index in [1.165, 1.54) is 28.8 Å². The van der Waals surface area contributed by atoms with Crippen molar-refractivity contribution in [3.63, 3.8) is 0 Å². The number of benzene rings is 2. The van der Waals surface area contributed by atoms with Crippen molar-refractivity contribution >= 4 is 45.6 Å². The number of alkyl halides is 4. The molecule has 2 saturated heterocycles. The molecular weight excluding hydrogens is 809 g/mol. The number of hydrogen-bond acceptors (Lipinski definition) is 7. The summed E-state index contributed by atoms with van der Waals surface area (Å²) in [6.07, 6.45) is -1.59. The van der Waals surface area contributed by atoms with Crippen LogP contribution in [-0.2, 0) is 32.1 Å². The Balaban J connectivity index is 1.44. The summed E-state index contributed by atoms with van der Waals surface area (Å²) < 4.78 is 92.7. The molecule has 0 bridgehead atoms. The molecule has 6 rings (SSSR count). The quantitative estimate of drug-likeness (QED) is 0.108. The Morgan fingerprint density at radius 1 is 0.820 bits per heavy atom. The molecule has 0 spiro atoms. The first kappa shape index (κ1) is 45.4. The maximum Gasteiger partial charge on any atom is 0.267 e. The molecule has 2 aliphatic heterocycles. The molecule has 0 saturated carbocycles. The standard InChI is InChI=1S/C42H53F6N9O4/c1-8-30(53-37(58)22(4)49-6)39(60)57-20-42(47,48)17-27(57)18-55-33-12-10-25(44)14-32(33)52-36(55)35-29(28-11-9-24(43)13-31(28)51-35)15-26-16-41(45,46)19-56(26)40(61)34(21(2)3)54-38(59)23(5)50-7/h9-14,21-23,26-27,30,34,49-51H,8,15-20H2,1-7H3,(H,53,58)(H,54,59)/t22-,23-,26+,27-,30-,34?/m0/s1. The van der Waals surface area contributed by atoms with Gasteiger partial charge in [-0.3, -0.25) is 19.2 Å². The fraction of sp³-hybridized carbons (Fsp3) is 0.548. The number of likely N-dealkylation sites (N-methyl/N-ethyl adjacent to an activating group) is 2. The number of aromatic nitrogens is 3. The third-order valence-electron chi connectivity index (χ3n) is 11.9. The van der Waals surface area contributed by atoms with E-state index in [0.29, 0.717) is 16.5 Å². The molecule has 4 aromatic rings. The molecule has 2 fully saturated rings. The maximum absolute atomic E-state index is 15.5. The van der Waals surface area contributed by atoms with Gasteiger partial charge >= 0.3 is 0 Å². The summed E-state index contributed by atoms with van der Waals surface area (Å²) in [6, 6.07) is 1.66. The van der Waals surface area contributed by atoms with Crippen molar-refractivity contribution in [1.82, 2.24) is 45.6 Å². The largest absolute Gasteiger partial charge is 0.352 e. The summed E-state index contributed by atoms with van der Waals surface area (Å²) in [7, 11) is 3.13. The summed E-state index contributed by atoms with van der Waals surface area (Å²) in [5.74, 6) is -10.7. The smallest absolute Gasteiger partial charge is 0.267 e. The predicted octanol–water partition coefficient (Wildman–Crippen LogP) is 4.73. The van der Waals surface area contributed by atoms with Gasteiger partial charge in [0.15, 0.2) is 5.82 Å². The van der Waals surface area contributed by atoms with Crippen molar-refractivity contribution in [1.29, 1.82) is 0 Å². The highest BCUT2D eigenvalue weighted by Gasteiger charge is 2.50. The Labute approximate surface area is 349 Å². The molecule has 4 heterocycles. The lowest BCUT2D eigenvalue weighted by Gasteiger charge is -2.31. The average molecular weight is 862 g/mol. The van der Waals surface area contributed by atoms with Crippen molar-refractivity contribution in [3.8, 4) is 11.5 Å². The lowest BCUT2D eigenvalue weighted by Crippen LogP contribution is -2.55. The van der Waals surface area contributed by atoms with E-state index >= 15 is 17.6 Å². The third-order valence-corrected chi connectivity index (χ3v) is 11.9. The van der Waals surface area contributed by atoms with Crippen LogP contribution in [0.2, 0.25) is 0 Å². The van der Waals surface area contributed by atoms with Gasteiger partial charge in [0.25, 0.3) is 11.8 Å². The van der Waals surface area contributed by atoms with E-state index in [1.54, 1.807) is 48.7 Å². The minimum absolute atomic E-state index is 0.0639. The monoisotopic (exact) mass is 861 g/mol. The molecule has 2 aliphatic rings. The SMILES string of the molecule is CC[C@H](NC(=O)[C@H](C)NC)C(=O)N1CC(F)(F)C[C@H]1Cn1c(-c2[nH]c3cc(F)ccc3c2C[C@@H]2CC(F)(F)CN2C(=O)C(NC(=O)[C@H](C)NC)C(C)C)nc2cc(F)ccc21. The third kappa shape index (κ3) is 9.51. The summed E-state index contributed by atoms with van der Waals surface area (Å²) >= 11 is 0. The van der Waals surface area contributed by atoms with E-state index in [0.717, 1.165) is 21.9 Å². The van der Waals surface area contributed by atoms with E-state index in [1.807, 2.05) is 0 Å². The molecular formula is C42H53F6N9O4. The number of halogens is 6. The molecule has 61 heavy (non-hydrogen) atoms. The summed E-state index contributed by atoms with van der Waals surface area (Å²) in [5.41, 5.74) is 1.18. The van der Waals surface area contributed by atoms with Crippen molar-refractivity contribution in [3.05, 3.63) is 53.6 Å². The van der Waals surface area contributed by atoms with Gasteiger partial charge in [-0.25, -0.2) is 31.3 Å². The second kappa shape index (κ2) is 17.7. The number of nitrogens with zero attached hydrogens (tertiary/aromatic N) is 4. The Kier molecular flexibility index (Phi) is 13.1. The Bertz CT molecular complexity index is 2300. The zero-order valence-corrected chi connectivity index (χ0v) is 35.1. The van der Waals surface area contributed by atoms with Crippen LogP contribution in [0.5, 0.6) is 0 Å². The van der Waals surface area contributed by atoms with Crippen molar-refractivity contribution in [2.24, 2.45) is 5.92 Å². The fourth-order valence-corrected chi connectivity index (χ4v) is 8.28. The second-order valence-electron chi connectivity index (χ2n) is 16.6. The number of carbonyl (C=O) groups excluding carboxylic acids is 4. The maximum atomic E-state index is 15.5. The van der Waals surface area contributed by atoms with Crippen molar-refractivity contribution < 1.29 is 45.5 Å². The van der Waals surface area contributed by atoms with Gasteiger partial charge in [-0.2, -0.15) is 0 Å². The van der Waals surface area contributed by atoms with Gasteiger partial charge < -0.3 is 40.6 Å². The molecule has 6 atom stereocenters. The first-order valence-corrected chi connectivity index (χ1v) is 20.5. The summed E-state index contributed by atoms with van der Waals surface area (Å²) in [5, 5.41) is 11.3. The number of fused-ring (bicyclic) bond motifs is 2. The number of imidazole rings is 1. The normalized spacial score (nSPS) is 20.6. The highest BCUT2D eigenvalue weighted by molar-refractivity contribution is 5.93. The van der Waals surface area contributed by atoms with Crippen molar-refractivity contribution in [2.45, 2.75) is 115 Å². The topological polar surface area (TPSA) is 156 Å². The van der Waals surface area contributed by atoms with Crippen LogP contribution in [0.1, 0.15) is 59.4 Å². The minimum atomic E-state index is -3.31. The Morgan fingerprint density at radius 2 is 1.39 bits per heavy atom. The number of amides is 4. The molecule has 5 N–H and O–H groups in total. The molecule has 4 amide bonds. The van der Waals surface area contributed by atoms with Gasteiger partial charge in [0.05, 0.1) is 47.9 Å². The summed E-state index contributed by atoms with van der Waals surface area (Å²) in [6.45, 7) is 6.06. The van der Waals surface area contributed by atoms with Crippen LogP contribution in [-0.4, -0.2) is 123 Å². The lowest BCUT2D eigenvalue weighted by molar-refractivity contribution is -0.139. The van der Waals surface area contributed by atoms with E-state index in [2.05, 4.69) is 26.3 Å². The molecule has 332 valence electrons. The lowest BCUT2D eigenvalue weighted by atomic mass is 9.97. The zero-order chi connectivity index (χ0) is 44.7. The van der Waals surface area contributed by atoms with Gasteiger partial charge in [0.1, 0.15) is 23.7 Å². The Hall–Kier alpha value is -5.17. The number of H-pyrrole nitrogens is 1. The van der Waals surface area contributed by atoms with Crippen LogP contribution in [0.4, 0.5) is 26.3 Å². The van der Waals surface area contributed by atoms with Crippen LogP contribution < -0.4 is 21.3 Å². The van der Waals surface area contributed by atoms with Gasteiger partial charge in [-0.05, 0) is 82.6 Å². The van der Waals surface area contributed by atoms with E-state index in [4.69, 9.17) is 4.98 Å². The number of rotatable bonds is 15. The second-order valence-corrected chi connectivity index (χ2v) is 16.6. The highest BCUT2D eigenvalue weighted by Crippen LogP contribution is 2.41. The number of aromatic amines is 1. The van der Waals surface area contributed by atoms with E-state index < -0.39 is 115 Å². The summed E-state index contributed by atoms with van der Waals surface area (Å²) in [4.78, 5) is 63.7. The van der Waals surface area contributed by atoms with Gasteiger partial charge in [-0.1, -0.05) is 20.8 Å². The van der Waals surface area contributed by atoms with Gasteiger partial charge in [0.2, 0.25) is 23.6 Å². The minimum Gasteiger partial charge on any atom is -0.352 e. The van der Waals surface area contributed by atoms with Crippen LogP contribution in [0.15, 0.2) is 36.4 Å². The van der Waals surface area contributed by atoms with Crippen LogP contribution in [0.3, 0.4) is 0 Å². The molecule has 2 aromatic heterocycles. The first-order valence-electron chi connectivity index (χ1n) is 20.5. The number of likely N-dealkylation sites (tertiary alicyclic amines) is 2. The van der Waals surface area contributed by atoms with E-state index in [9.17, 15) is 28.0 Å². The number of nitrogens with one attached hydrogen (secondary N) is 5. The molecule has 13 nitrogen and oxygen atoms in total. The average Bonchev–Trinajstić information content (AvgIpc) is 3.92. The van der Waals surface area contributed by atoms with Crippen LogP contribution in [0, 0.1) is 17.6 Å². The van der Waals surface area contributed by atoms with E-state index in [-0.39, 0.29) is 41.9 Å². The Morgan fingerprint density at radius 3 is 2.00 bits per heavy atom. The highest BCUT2D eigenvalue weighted by atomic mass is 19.3. The zero-order valence-electron chi connectivity index (χ0n) is 35.1. The fourth-order valence-electron chi connectivity index (χ4n) is 8.28. The number of carbonyl (C=O) groups is 4. The van der Waals surface area contributed by atoms with Gasteiger partial charge in [-0.15, -0.1) is 0 Å². The number of hydrogen-bond donors (Lipinski definition) is 5.